The molecule has 3 rings (SSSR count). The van der Waals surface area contributed by atoms with Gasteiger partial charge in [-0.1, -0.05) is 13.3 Å². The molecule has 0 heterocycles. The Morgan fingerprint density at radius 3 is 2.04 bits per heavy atom. The Balaban J connectivity index is 1.34. The zero-order chi connectivity index (χ0) is 19.9. The van der Waals surface area contributed by atoms with Gasteiger partial charge in [0, 0.05) is 13.0 Å². The number of rotatable bonds is 7. The van der Waals surface area contributed by atoms with Gasteiger partial charge in [-0.15, -0.1) is 0 Å². The van der Waals surface area contributed by atoms with Crippen LogP contribution in [0.15, 0.2) is 0 Å². The van der Waals surface area contributed by atoms with Gasteiger partial charge in [0.15, 0.2) is 0 Å². The molecule has 3 aliphatic carbocycles. The smallest absolute Gasteiger partial charge is 0.309 e. The first-order chi connectivity index (χ1) is 13.6. The molecule has 5 heteroatoms. The van der Waals surface area contributed by atoms with Gasteiger partial charge in [-0.3, -0.25) is 4.79 Å². The quantitative estimate of drug-likeness (QED) is 0.392. The van der Waals surface area contributed by atoms with Crippen molar-refractivity contribution in [1.82, 2.24) is 0 Å². The molecule has 3 unspecified atom stereocenters. The van der Waals surface area contributed by atoms with Gasteiger partial charge < -0.3 is 9.47 Å². The predicted octanol–water partition coefficient (Wildman–Crippen LogP) is 5.94. The summed E-state index contributed by atoms with van der Waals surface area (Å²) in [5.74, 6) is 1.26. The van der Waals surface area contributed by atoms with Crippen LogP contribution in [0.5, 0.6) is 0 Å². The highest BCUT2D eigenvalue weighted by Crippen LogP contribution is 2.41. The van der Waals surface area contributed by atoms with Gasteiger partial charge in [-0.25, -0.2) is 8.78 Å². The lowest BCUT2D eigenvalue weighted by Gasteiger charge is -2.37. The first-order valence-electron chi connectivity index (χ1n) is 11.7. The number of esters is 1. The highest BCUT2D eigenvalue weighted by molar-refractivity contribution is 5.72. The Bertz CT molecular complexity index is 470. The summed E-state index contributed by atoms with van der Waals surface area (Å²) < 4.78 is 38.3. The third-order valence-corrected chi connectivity index (χ3v) is 7.27. The lowest BCUT2D eigenvalue weighted by atomic mass is 9.70. The van der Waals surface area contributed by atoms with Crippen LogP contribution in [0.3, 0.4) is 0 Å². The molecule has 0 amide bonds. The van der Waals surface area contributed by atoms with Crippen molar-refractivity contribution >= 4 is 5.97 Å². The van der Waals surface area contributed by atoms with Gasteiger partial charge in [0.2, 0.25) is 0 Å². The van der Waals surface area contributed by atoms with E-state index in [0.29, 0.717) is 12.5 Å². The number of hydrogen-bond acceptors (Lipinski definition) is 3. The van der Waals surface area contributed by atoms with Crippen molar-refractivity contribution in [2.24, 2.45) is 17.8 Å². The third-order valence-electron chi connectivity index (χ3n) is 7.27. The van der Waals surface area contributed by atoms with E-state index in [4.69, 9.17) is 9.47 Å². The van der Waals surface area contributed by atoms with Gasteiger partial charge in [0.25, 0.3) is 0 Å². The fourth-order valence-corrected chi connectivity index (χ4v) is 5.36. The molecule has 3 atom stereocenters. The zero-order valence-electron chi connectivity index (χ0n) is 17.4. The molecule has 0 aromatic heterocycles. The van der Waals surface area contributed by atoms with Crippen LogP contribution in [0.4, 0.5) is 8.78 Å². The largest absolute Gasteiger partial charge is 0.462 e. The summed E-state index contributed by atoms with van der Waals surface area (Å²) in [4.78, 5) is 12.5. The maximum atomic E-state index is 13.5. The molecule has 0 saturated heterocycles. The Morgan fingerprint density at radius 2 is 1.43 bits per heavy atom. The molecule has 0 aromatic carbocycles. The number of halogens is 2. The SMILES string of the molecule is CCCCOC1CCC(C2CCC(C(=O)OC3CCC(F)C(F)C3)CC2)CC1. The van der Waals surface area contributed by atoms with Gasteiger partial charge in [-0.05, 0) is 82.5 Å². The molecular formula is C23H38F2O3. The van der Waals surface area contributed by atoms with Gasteiger partial charge in [0.1, 0.15) is 18.4 Å². The lowest BCUT2D eigenvalue weighted by molar-refractivity contribution is -0.159. The van der Waals surface area contributed by atoms with Crippen molar-refractivity contribution in [3.05, 3.63) is 0 Å². The van der Waals surface area contributed by atoms with E-state index in [1.807, 2.05) is 0 Å². The number of hydrogen-bond donors (Lipinski definition) is 0. The van der Waals surface area contributed by atoms with Crippen LogP contribution >= 0.6 is 0 Å². The highest BCUT2D eigenvalue weighted by Gasteiger charge is 2.36. The summed E-state index contributed by atoms with van der Waals surface area (Å²) in [6.45, 7) is 3.09. The molecule has 0 aromatic rings. The van der Waals surface area contributed by atoms with E-state index in [1.165, 1.54) is 32.1 Å². The van der Waals surface area contributed by atoms with E-state index in [2.05, 4.69) is 6.92 Å². The maximum absolute atomic E-state index is 13.5. The average Bonchev–Trinajstić information content (AvgIpc) is 2.72. The van der Waals surface area contributed by atoms with Crippen molar-refractivity contribution in [1.29, 1.82) is 0 Å². The van der Waals surface area contributed by atoms with Crippen molar-refractivity contribution < 1.29 is 23.0 Å². The molecule has 3 nitrogen and oxygen atoms in total. The molecule has 0 N–H and O–H groups in total. The van der Waals surface area contributed by atoms with Crippen LogP contribution in [0.25, 0.3) is 0 Å². The van der Waals surface area contributed by atoms with Crippen molar-refractivity contribution in [3.63, 3.8) is 0 Å². The molecule has 3 fully saturated rings. The number of carbonyl (C=O) groups excluding carboxylic acids is 1. The van der Waals surface area contributed by atoms with E-state index in [9.17, 15) is 13.6 Å². The Kier molecular flexibility index (Phi) is 8.55. The number of carbonyl (C=O) groups is 1. The average molecular weight is 401 g/mol. The first-order valence-corrected chi connectivity index (χ1v) is 11.7. The molecule has 3 aliphatic rings. The van der Waals surface area contributed by atoms with E-state index < -0.39 is 18.4 Å². The Morgan fingerprint density at radius 1 is 0.821 bits per heavy atom. The normalized spacial score (nSPS) is 39.5. The van der Waals surface area contributed by atoms with Crippen LogP contribution in [-0.4, -0.2) is 37.1 Å². The topological polar surface area (TPSA) is 35.5 Å². The Labute approximate surface area is 168 Å². The molecule has 28 heavy (non-hydrogen) atoms. The van der Waals surface area contributed by atoms with Crippen LogP contribution in [0, 0.1) is 17.8 Å². The second-order valence-corrected chi connectivity index (χ2v) is 9.28. The second-order valence-electron chi connectivity index (χ2n) is 9.28. The number of unbranched alkanes of at least 4 members (excludes halogenated alkanes) is 1. The fourth-order valence-electron chi connectivity index (χ4n) is 5.36. The van der Waals surface area contributed by atoms with Crippen LogP contribution < -0.4 is 0 Å². The summed E-state index contributed by atoms with van der Waals surface area (Å²) in [7, 11) is 0. The lowest BCUT2D eigenvalue weighted by Crippen LogP contribution is -2.36. The molecule has 0 spiro atoms. The summed E-state index contributed by atoms with van der Waals surface area (Å²) in [6, 6.07) is 0. The molecule has 0 bridgehead atoms. The molecule has 162 valence electrons. The minimum absolute atomic E-state index is 0.0197. The first kappa shape index (κ1) is 22.0. The third kappa shape index (κ3) is 6.14. The standard InChI is InChI=1S/C23H38F2O3/c1-2-3-14-27-19-10-8-17(9-11-19)16-4-6-18(7-5-16)23(26)28-20-12-13-21(24)22(25)15-20/h16-22H,2-15H2,1H3. The summed E-state index contributed by atoms with van der Waals surface area (Å²) >= 11 is 0. The summed E-state index contributed by atoms with van der Waals surface area (Å²) in [5.41, 5.74) is 0. The zero-order valence-corrected chi connectivity index (χ0v) is 17.4. The van der Waals surface area contributed by atoms with Crippen molar-refractivity contribution in [2.45, 2.75) is 115 Å². The summed E-state index contributed by atoms with van der Waals surface area (Å²) in [6.07, 6.45) is 8.93. The van der Waals surface area contributed by atoms with Crippen LogP contribution in [0.2, 0.25) is 0 Å². The van der Waals surface area contributed by atoms with Gasteiger partial charge in [-0.2, -0.15) is 0 Å². The van der Waals surface area contributed by atoms with Gasteiger partial charge >= 0.3 is 5.97 Å². The number of ether oxygens (including phenoxy) is 2. The molecule has 0 aliphatic heterocycles. The predicted molar refractivity (Wildman–Crippen MR) is 106 cm³/mol. The number of alkyl halides is 2. The minimum Gasteiger partial charge on any atom is -0.462 e. The van der Waals surface area contributed by atoms with Crippen LogP contribution in [0.1, 0.15) is 90.4 Å². The monoisotopic (exact) mass is 400 g/mol. The highest BCUT2D eigenvalue weighted by atomic mass is 19.2. The van der Waals surface area contributed by atoms with E-state index >= 15 is 0 Å². The van der Waals surface area contributed by atoms with Gasteiger partial charge in [0.05, 0.1) is 12.0 Å². The molecular weight excluding hydrogens is 362 g/mol. The molecule has 3 saturated carbocycles. The summed E-state index contributed by atoms with van der Waals surface area (Å²) in [5, 5.41) is 0. The van der Waals surface area contributed by atoms with E-state index in [1.54, 1.807) is 0 Å². The van der Waals surface area contributed by atoms with Crippen LogP contribution in [-0.2, 0) is 14.3 Å². The minimum atomic E-state index is -1.48. The van der Waals surface area contributed by atoms with E-state index in [-0.39, 0.29) is 24.7 Å². The second kappa shape index (κ2) is 10.9. The van der Waals surface area contributed by atoms with E-state index in [0.717, 1.165) is 50.5 Å². The maximum Gasteiger partial charge on any atom is 0.309 e. The van der Waals surface area contributed by atoms with Crippen molar-refractivity contribution in [3.8, 4) is 0 Å². The Hall–Kier alpha value is -0.710. The fraction of sp³-hybridized carbons (Fsp3) is 0.957. The molecule has 0 radical (unpaired) electrons. The van der Waals surface area contributed by atoms with Crippen molar-refractivity contribution in [2.75, 3.05) is 6.61 Å².